The van der Waals surface area contributed by atoms with E-state index in [1.165, 1.54) is 27.7 Å². The fourth-order valence-corrected chi connectivity index (χ4v) is 5.06. The van der Waals surface area contributed by atoms with Crippen molar-refractivity contribution in [2.24, 2.45) is 0 Å². The summed E-state index contributed by atoms with van der Waals surface area (Å²) < 4.78 is 2.50. The van der Waals surface area contributed by atoms with Gasteiger partial charge < -0.3 is 0 Å². The van der Waals surface area contributed by atoms with E-state index < -0.39 is 0 Å². The van der Waals surface area contributed by atoms with Gasteiger partial charge in [-0.15, -0.1) is 0 Å². The second kappa shape index (κ2) is 9.70. The summed E-state index contributed by atoms with van der Waals surface area (Å²) >= 11 is 0. The van der Waals surface area contributed by atoms with Crippen LogP contribution in [0.15, 0.2) is 91.0 Å². The molecular formula is C31H34NO+. The number of Topliss-reactive ketones (excluding diaryl/α,β-unsaturated/α-hetero) is 1. The van der Waals surface area contributed by atoms with E-state index in [0.717, 1.165) is 24.9 Å². The van der Waals surface area contributed by atoms with Crippen LogP contribution < -0.4 is 0 Å². The SMILES string of the molecule is CCCC[N+]1=C(/C=C/C=C/C(C(C)=O)c2ccccc2)C(C)(C)c2c1ccc1ccccc21. The van der Waals surface area contributed by atoms with Crippen molar-refractivity contribution < 1.29 is 9.37 Å². The van der Waals surface area contributed by atoms with E-state index in [4.69, 9.17) is 0 Å². The molecule has 0 bridgehead atoms. The summed E-state index contributed by atoms with van der Waals surface area (Å²) in [5.74, 6) is -0.0575. The fraction of sp³-hybridized carbons (Fsp3) is 0.290. The van der Waals surface area contributed by atoms with Gasteiger partial charge in [0.2, 0.25) is 5.69 Å². The normalized spacial score (nSPS) is 16.1. The van der Waals surface area contributed by atoms with Crippen molar-refractivity contribution in [3.63, 3.8) is 0 Å². The Hall–Kier alpha value is -3.26. The minimum Gasteiger partial charge on any atom is -0.299 e. The highest BCUT2D eigenvalue weighted by Crippen LogP contribution is 2.44. The van der Waals surface area contributed by atoms with Crippen LogP contribution in [0.25, 0.3) is 10.8 Å². The summed E-state index contributed by atoms with van der Waals surface area (Å²) in [4.78, 5) is 12.3. The number of nitrogens with zero attached hydrogens (tertiary/aromatic N) is 1. The van der Waals surface area contributed by atoms with Gasteiger partial charge in [-0.05, 0) is 43.2 Å². The number of benzene rings is 3. The fourth-order valence-electron chi connectivity index (χ4n) is 5.06. The largest absolute Gasteiger partial charge is 0.299 e. The van der Waals surface area contributed by atoms with Gasteiger partial charge in [0.1, 0.15) is 12.3 Å². The lowest BCUT2D eigenvalue weighted by Gasteiger charge is -2.17. The summed E-state index contributed by atoms with van der Waals surface area (Å²) in [6.45, 7) is 9.57. The third-order valence-electron chi connectivity index (χ3n) is 6.75. The molecule has 4 rings (SSSR count). The molecule has 0 saturated carbocycles. The monoisotopic (exact) mass is 436 g/mol. The van der Waals surface area contributed by atoms with Crippen LogP contribution in [0.4, 0.5) is 5.69 Å². The smallest absolute Gasteiger partial charge is 0.210 e. The van der Waals surface area contributed by atoms with E-state index in [2.05, 4.69) is 73.9 Å². The van der Waals surface area contributed by atoms with E-state index in [-0.39, 0.29) is 17.1 Å². The van der Waals surface area contributed by atoms with Crippen LogP contribution in [0, 0.1) is 0 Å². The van der Waals surface area contributed by atoms with E-state index >= 15 is 0 Å². The van der Waals surface area contributed by atoms with Crippen molar-refractivity contribution in [3.05, 3.63) is 102 Å². The number of carbonyl (C=O) groups is 1. The Bertz CT molecular complexity index is 1240. The Morgan fingerprint density at radius 1 is 0.970 bits per heavy atom. The van der Waals surface area contributed by atoms with E-state index in [1.54, 1.807) is 6.92 Å². The highest BCUT2D eigenvalue weighted by atomic mass is 16.1. The van der Waals surface area contributed by atoms with Gasteiger partial charge in [0, 0.05) is 24.1 Å². The van der Waals surface area contributed by atoms with Gasteiger partial charge in [0.15, 0.2) is 5.71 Å². The Labute approximate surface area is 198 Å². The summed E-state index contributed by atoms with van der Waals surface area (Å²) in [6.07, 6.45) is 10.7. The third kappa shape index (κ3) is 4.48. The summed E-state index contributed by atoms with van der Waals surface area (Å²) in [5.41, 5.74) is 4.97. The standard InChI is InChI=1S/C31H34NO/c1-5-6-22-32-28-21-20-25-16-10-11-18-27(25)30(28)31(3,4)29(32)19-13-12-17-26(23(2)33)24-14-8-7-9-15-24/h7-21,26H,5-6,22H2,1-4H3/q+1/b17-12+,19-13+. The first-order valence-corrected chi connectivity index (χ1v) is 12.0. The summed E-state index contributed by atoms with van der Waals surface area (Å²) in [6, 6.07) is 23.2. The zero-order valence-corrected chi connectivity index (χ0v) is 20.2. The van der Waals surface area contributed by atoms with E-state index in [1.807, 2.05) is 42.5 Å². The van der Waals surface area contributed by atoms with E-state index in [0.29, 0.717) is 0 Å². The predicted molar refractivity (Wildman–Crippen MR) is 140 cm³/mol. The first-order chi connectivity index (χ1) is 15.9. The molecule has 0 aliphatic carbocycles. The molecule has 33 heavy (non-hydrogen) atoms. The molecule has 168 valence electrons. The zero-order valence-electron chi connectivity index (χ0n) is 20.2. The van der Waals surface area contributed by atoms with Crippen molar-refractivity contribution in [1.29, 1.82) is 0 Å². The second-order valence-corrected chi connectivity index (χ2v) is 9.44. The molecular weight excluding hydrogens is 402 g/mol. The van der Waals surface area contributed by atoms with Gasteiger partial charge in [0.05, 0.1) is 11.3 Å². The molecule has 1 aliphatic heterocycles. The van der Waals surface area contributed by atoms with Crippen molar-refractivity contribution >= 4 is 28.0 Å². The van der Waals surface area contributed by atoms with E-state index in [9.17, 15) is 4.79 Å². The lowest BCUT2D eigenvalue weighted by molar-refractivity contribution is -0.438. The molecule has 1 atom stereocenters. The van der Waals surface area contributed by atoms with Gasteiger partial charge >= 0.3 is 0 Å². The lowest BCUT2D eigenvalue weighted by atomic mass is 9.79. The predicted octanol–water partition coefficient (Wildman–Crippen LogP) is 7.50. The molecule has 0 radical (unpaired) electrons. The molecule has 0 aromatic heterocycles. The van der Waals surface area contributed by atoms with Crippen LogP contribution in [-0.4, -0.2) is 22.6 Å². The molecule has 0 amide bonds. The first-order valence-electron chi connectivity index (χ1n) is 12.0. The van der Waals surface area contributed by atoms with Gasteiger partial charge in [-0.1, -0.05) is 86.2 Å². The maximum absolute atomic E-state index is 12.3. The Morgan fingerprint density at radius 3 is 2.42 bits per heavy atom. The second-order valence-electron chi connectivity index (χ2n) is 9.44. The number of rotatable bonds is 8. The first kappa shape index (κ1) is 22.9. The minimum atomic E-state index is -0.213. The van der Waals surface area contributed by atoms with Crippen LogP contribution in [0.2, 0.25) is 0 Å². The Kier molecular flexibility index (Phi) is 6.74. The highest BCUT2D eigenvalue weighted by molar-refractivity contribution is 6.07. The zero-order chi connectivity index (χ0) is 23.4. The topological polar surface area (TPSA) is 20.1 Å². The number of unbranched alkanes of at least 4 members (excludes halogenated alkanes) is 1. The molecule has 1 heterocycles. The van der Waals surface area contributed by atoms with Gasteiger partial charge in [-0.2, -0.15) is 4.58 Å². The summed E-state index contributed by atoms with van der Waals surface area (Å²) in [7, 11) is 0. The molecule has 1 unspecified atom stereocenters. The van der Waals surface area contributed by atoms with Crippen LogP contribution in [0.1, 0.15) is 57.6 Å². The molecule has 2 heteroatoms. The molecule has 1 aliphatic rings. The van der Waals surface area contributed by atoms with Crippen LogP contribution in [0.5, 0.6) is 0 Å². The molecule has 3 aromatic carbocycles. The van der Waals surface area contributed by atoms with Crippen LogP contribution in [-0.2, 0) is 10.2 Å². The number of allylic oxidation sites excluding steroid dienone is 4. The molecule has 2 nitrogen and oxygen atoms in total. The lowest BCUT2D eigenvalue weighted by Crippen LogP contribution is -2.28. The number of carbonyl (C=O) groups excluding carboxylic acids is 1. The number of hydrogen-bond donors (Lipinski definition) is 0. The molecule has 3 aromatic rings. The van der Waals surface area contributed by atoms with Gasteiger partial charge in [-0.25, -0.2) is 0 Å². The maximum Gasteiger partial charge on any atom is 0.210 e. The number of ketones is 1. The average molecular weight is 437 g/mol. The van der Waals surface area contributed by atoms with Crippen molar-refractivity contribution in [1.82, 2.24) is 0 Å². The Balaban J connectivity index is 1.71. The maximum atomic E-state index is 12.3. The van der Waals surface area contributed by atoms with Gasteiger partial charge in [0.25, 0.3) is 0 Å². The highest BCUT2D eigenvalue weighted by Gasteiger charge is 2.45. The van der Waals surface area contributed by atoms with Gasteiger partial charge in [-0.3, -0.25) is 4.79 Å². The van der Waals surface area contributed by atoms with Crippen molar-refractivity contribution in [2.45, 2.75) is 51.9 Å². The van der Waals surface area contributed by atoms with Crippen molar-refractivity contribution in [3.8, 4) is 0 Å². The molecule has 0 fully saturated rings. The van der Waals surface area contributed by atoms with Crippen molar-refractivity contribution in [2.75, 3.05) is 6.54 Å². The molecule has 0 saturated heterocycles. The third-order valence-corrected chi connectivity index (χ3v) is 6.75. The Morgan fingerprint density at radius 2 is 1.70 bits per heavy atom. The number of hydrogen-bond acceptors (Lipinski definition) is 1. The average Bonchev–Trinajstić information content (AvgIpc) is 3.04. The molecule has 0 spiro atoms. The minimum absolute atomic E-state index is 0.103. The summed E-state index contributed by atoms with van der Waals surface area (Å²) in [5, 5.41) is 2.62. The van der Waals surface area contributed by atoms with Crippen LogP contribution in [0.3, 0.4) is 0 Å². The molecule has 0 N–H and O–H groups in total. The van der Waals surface area contributed by atoms with Crippen LogP contribution >= 0.6 is 0 Å². The number of fused-ring (bicyclic) bond motifs is 3. The quantitative estimate of drug-likeness (QED) is 0.264.